The van der Waals surface area contributed by atoms with Gasteiger partial charge in [-0.2, -0.15) is 0 Å². The number of hydrogen-bond donors (Lipinski definition) is 0. The number of likely N-dealkylation sites (N-methyl/N-ethyl adjacent to an activating group) is 3. The quantitative estimate of drug-likeness (QED) is 0.425. The Morgan fingerprint density at radius 3 is 2.10 bits per heavy atom. The summed E-state index contributed by atoms with van der Waals surface area (Å²) in [6, 6.07) is 6.12. The molecule has 0 aliphatic carbocycles. The van der Waals surface area contributed by atoms with Crippen molar-refractivity contribution in [2.24, 2.45) is 0 Å². The second-order valence-corrected chi connectivity index (χ2v) is 8.31. The molecule has 5 nitrogen and oxygen atoms in total. The average molecular weight is 412 g/mol. The van der Waals surface area contributed by atoms with Crippen LogP contribution in [-0.4, -0.2) is 51.9 Å². The van der Waals surface area contributed by atoms with Gasteiger partial charge in [-0.25, -0.2) is 0 Å². The second kappa shape index (κ2) is 7.75. The number of hydrogen-bond acceptors (Lipinski definition) is 4. The number of amides is 2. The maximum Gasteiger partial charge on any atom is 0.265 e. The van der Waals surface area contributed by atoms with Crippen LogP contribution in [0, 0.1) is 0 Å². The fraction of sp³-hybridized carbons (Fsp3) is 0.435. The molecule has 2 aliphatic heterocycles. The summed E-state index contributed by atoms with van der Waals surface area (Å²) in [5.74, 6) is -0.651. The van der Waals surface area contributed by atoms with E-state index in [1.807, 2.05) is 19.9 Å². The minimum absolute atomic E-state index is 0.0555. The first-order chi connectivity index (χ1) is 13.7. The van der Waals surface area contributed by atoms with Gasteiger partial charge in [-0.05, 0) is 83.1 Å². The molecule has 0 N–H and O–H groups in total. The van der Waals surface area contributed by atoms with Crippen molar-refractivity contribution in [2.75, 3.05) is 24.5 Å². The first-order valence-corrected chi connectivity index (χ1v) is 10.6. The van der Waals surface area contributed by atoms with Crippen LogP contribution in [0.2, 0.25) is 0 Å². The van der Waals surface area contributed by atoms with E-state index in [0.29, 0.717) is 13.1 Å². The van der Waals surface area contributed by atoms with Crippen LogP contribution in [0.15, 0.2) is 29.8 Å². The number of carbonyl (C=O) groups is 2. The van der Waals surface area contributed by atoms with Gasteiger partial charge in [-0.3, -0.25) is 19.4 Å². The van der Waals surface area contributed by atoms with Crippen molar-refractivity contribution in [2.45, 2.75) is 47.1 Å². The first-order valence-electron chi connectivity index (χ1n) is 10.2. The van der Waals surface area contributed by atoms with E-state index in [4.69, 9.17) is 12.2 Å². The van der Waals surface area contributed by atoms with Gasteiger partial charge in [0.25, 0.3) is 11.8 Å². The number of thiocarbonyl (C=S) groups is 1. The zero-order valence-electron chi connectivity index (χ0n) is 18.1. The number of rotatable bonds is 4. The molecule has 0 aromatic heterocycles. The van der Waals surface area contributed by atoms with Crippen LogP contribution >= 0.6 is 12.2 Å². The summed E-state index contributed by atoms with van der Waals surface area (Å²) in [6.07, 6.45) is 3.96. The summed E-state index contributed by atoms with van der Waals surface area (Å²) in [7, 11) is 0. The Kier molecular flexibility index (Phi) is 5.68. The average Bonchev–Trinajstić information content (AvgIpc) is 2.66. The number of nitrogens with zero attached hydrogens (tertiary/aromatic N) is 3. The summed E-state index contributed by atoms with van der Waals surface area (Å²) < 4.78 is 0. The third-order valence-corrected chi connectivity index (χ3v) is 6.12. The predicted molar refractivity (Wildman–Crippen MR) is 123 cm³/mol. The summed E-state index contributed by atoms with van der Waals surface area (Å²) in [4.78, 5) is 31.1. The monoisotopic (exact) mass is 411 g/mol. The van der Waals surface area contributed by atoms with Crippen LogP contribution in [0.4, 0.5) is 5.69 Å². The van der Waals surface area contributed by atoms with Crippen molar-refractivity contribution < 1.29 is 9.59 Å². The van der Waals surface area contributed by atoms with E-state index >= 15 is 0 Å². The molecule has 1 aromatic carbocycles. The molecular formula is C23H29N3O2S. The predicted octanol–water partition coefficient (Wildman–Crippen LogP) is 4.09. The van der Waals surface area contributed by atoms with Crippen LogP contribution in [0.25, 0.3) is 11.6 Å². The smallest absolute Gasteiger partial charge is 0.265 e. The zero-order valence-corrected chi connectivity index (χ0v) is 18.9. The molecule has 0 atom stereocenters. The highest BCUT2D eigenvalue weighted by Gasteiger charge is 2.38. The van der Waals surface area contributed by atoms with Gasteiger partial charge in [-0.1, -0.05) is 12.1 Å². The van der Waals surface area contributed by atoms with Crippen LogP contribution in [0.5, 0.6) is 0 Å². The molecule has 0 bridgehead atoms. The van der Waals surface area contributed by atoms with E-state index in [9.17, 15) is 9.59 Å². The largest absolute Gasteiger partial charge is 0.363 e. The van der Waals surface area contributed by atoms with Gasteiger partial charge in [0, 0.05) is 30.9 Å². The molecule has 0 saturated carbocycles. The Morgan fingerprint density at radius 2 is 1.59 bits per heavy atom. The van der Waals surface area contributed by atoms with Crippen LogP contribution in [-0.2, 0) is 9.59 Å². The Hall–Kier alpha value is -2.47. The van der Waals surface area contributed by atoms with Gasteiger partial charge in [0.1, 0.15) is 5.57 Å². The SMILES string of the molecule is CCN1C(=O)C(=Cc2ccc3c(c2)C(C)=CC(C)(C)N3CC)C(=O)N(CC)C1=S. The molecule has 0 radical (unpaired) electrons. The summed E-state index contributed by atoms with van der Waals surface area (Å²) in [5.41, 5.74) is 4.44. The number of fused-ring (bicyclic) bond motifs is 1. The number of benzene rings is 1. The molecule has 29 heavy (non-hydrogen) atoms. The molecule has 1 fully saturated rings. The molecule has 0 unspecified atom stereocenters. The number of carbonyl (C=O) groups excluding carboxylic acids is 2. The van der Waals surface area contributed by atoms with E-state index in [1.54, 1.807) is 6.08 Å². The minimum Gasteiger partial charge on any atom is -0.363 e. The highest BCUT2D eigenvalue weighted by Crippen LogP contribution is 2.39. The molecule has 2 heterocycles. The maximum absolute atomic E-state index is 12.9. The molecule has 2 amide bonds. The molecule has 2 aliphatic rings. The third-order valence-electron chi connectivity index (χ3n) is 5.67. The maximum atomic E-state index is 12.9. The summed E-state index contributed by atoms with van der Waals surface area (Å²) in [6.45, 7) is 14.2. The van der Waals surface area contributed by atoms with Crippen LogP contribution in [0.3, 0.4) is 0 Å². The van der Waals surface area contributed by atoms with Crippen molar-refractivity contribution in [3.05, 3.63) is 41.0 Å². The molecule has 1 saturated heterocycles. The minimum atomic E-state index is -0.325. The van der Waals surface area contributed by atoms with Gasteiger partial charge >= 0.3 is 0 Å². The molecule has 1 aromatic rings. The van der Waals surface area contributed by atoms with Crippen molar-refractivity contribution in [1.82, 2.24) is 9.80 Å². The Balaban J connectivity index is 2.07. The lowest BCUT2D eigenvalue weighted by molar-refractivity contribution is -0.133. The lowest BCUT2D eigenvalue weighted by Gasteiger charge is -2.42. The Morgan fingerprint density at radius 1 is 1.00 bits per heavy atom. The van der Waals surface area contributed by atoms with Crippen LogP contribution < -0.4 is 4.90 Å². The Labute approximate surface area is 178 Å². The molecule has 6 heteroatoms. The topological polar surface area (TPSA) is 43.9 Å². The zero-order chi connectivity index (χ0) is 21.5. The summed E-state index contributed by atoms with van der Waals surface area (Å²) in [5, 5.41) is 0.284. The van der Waals surface area contributed by atoms with Gasteiger partial charge in [0.2, 0.25) is 0 Å². The van der Waals surface area contributed by atoms with Gasteiger partial charge < -0.3 is 4.90 Å². The normalized spacial score (nSPS) is 18.8. The standard InChI is InChI=1S/C23H29N3O2S/c1-7-24-20(27)18(21(28)25(8-2)22(24)29)13-16-10-11-19-17(12-16)15(4)14-23(5,6)26(19)9-3/h10-14H,7-9H2,1-6H3. The highest BCUT2D eigenvalue weighted by atomic mass is 32.1. The van der Waals surface area contributed by atoms with E-state index in [-0.39, 0.29) is 28.0 Å². The fourth-order valence-corrected chi connectivity index (χ4v) is 4.74. The van der Waals surface area contributed by atoms with E-state index in [0.717, 1.165) is 17.7 Å². The fourth-order valence-electron chi connectivity index (χ4n) is 4.32. The molecular weight excluding hydrogens is 382 g/mol. The van der Waals surface area contributed by atoms with Crippen molar-refractivity contribution in [1.29, 1.82) is 0 Å². The van der Waals surface area contributed by atoms with Crippen LogP contribution in [0.1, 0.15) is 52.7 Å². The lowest BCUT2D eigenvalue weighted by atomic mass is 9.88. The van der Waals surface area contributed by atoms with Gasteiger partial charge in [0.15, 0.2) is 5.11 Å². The lowest BCUT2D eigenvalue weighted by Crippen LogP contribution is -2.55. The van der Waals surface area contributed by atoms with Crippen molar-refractivity contribution in [3.63, 3.8) is 0 Å². The molecule has 3 rings (SSSR count). The summed E-state index contributed by atoms with van der Waals surface area (Å²) >= 11 is 5.33. The Bertz CT molecular complexity index is 917. The first kappa shape index (κ1) is 21.2. The second-order valence-electron chi connectivity index (χ2n) is 7.94. The van der Waals surface area contributed by atoms with Gasteiger partial charge in [0.05, 0.1) is 5.54 Å². The highest BCUT2D eigenvalue weighted by molar-refractivity contribution is 7.80. The van der Waals surface area contributed by atoms with Crippen molar-refractivity contribution in [3.8, 4) is 0 Å². The molecule has 154 valence electrons. The van der Waals surface area contributed by atoms with E-state index in [1.165, 1.54) is 21.1 Å². The van der Waals surface area contributed by atoms with E-state index < -0.39 is 0 Å². The van der Waals surface area contributed by atoms with Gasteiger partial charge in [-0.15, -0.1) is 0 Å². The molecule has 0 spiro atoms. The van der Waals surface area contributed by atoms with E-state index in [2.05, 4.69) is 50.8 Å². The number of anilines is 1. The third kappa shape index (κ3) is 3.50. The number of allylic oxidation sites excluding steroid dienone is 1. The van der Waals surface area contributed by atoms with Crippen molar-refractivity contribution >= 4 is 46.5 Å².